The molecule has 160 valence electrons. The molecule has 0 radical (unpaired) electrons. The molecule has 3 aliphatic heterocycles. The zero-order valence-electron chi connectivity index (χ0n) is 18.2. The van der Waals surface area contributed by atoms with Gasteiger partial charge in [-0.15, -0.1) is 6.58 Å². The predicted octanol–water partition coefficient (Wildman–Crippen LogP) is 4.89. The zero-order chi connectivity index (χ0) is 21.4. The molecular weight excluding hydrogens is 384 g/mol. The summed E-state index contributed by atoms with van der Waals surface area (Å²) in [5.41, 5.74) is 3.19. The highest BCUT2D eigenvalue weighted by atomic mass is 16.5. The Morgan fingerprint density at radius 1 is 1.23 bits per heavy atom. The number of fused-ring (bicyclic) bond motifs is 4. The van der Waals surface area contributed by atoms with Crippen LogP contribution in [0.1, 0.15) is 30.1 Å². The molecule has 2 aromatic carbocycles. The third-order valence-corrected chi connectivity index (χ3v) is 7.68. The van der Waals surface area contributed by atoms with E-state index >= 15 is 0 Å². The number of piperidine rings is 3. The van der Waals surface area contributed by atoms with E-state index in [0.29, 0.717) is 11.8 Å². The van der Waals surface area contributed by atoms with Crippen molar-refractivity contribution < 1.29 is 14.3 Å². The molecule has 2 bridgehead atoms. The molecule has 6 rings (SSSR count). The summed E-state index contributed by atoms with van der Waals surface area (Å²) in [5, 5.41) is 12.8. The van der Waals surface area contributed by atoms with Gasteiger partial charge < -0.3 is 14.3 Å². The van der Waals surface area contributed by atoms with E-state index in [1.165, 1.54) is 12.0 Å². The molecule has 4 heterocycles. The average molecular weight is 416 g/mol. The molecule has 0 saturated carbocycles. The van der Waals surface area contributed by atoms with Crippen molar-refractivity contribution in [1.29, 1.82) is 0 Å². The van der Waals surface area contributed by atoms with E-state index in [1.54, 1.807) is 7.11 Å². The van der Waals surface area contributed by atoms with Crippen LogP contribution < -0.4 is 4.74 Å². The van der Waals surface area contributed by atoms with Crippen LogP contribution in [-0.4, -0.2) is 40.8 Å². The fourth-order valence-electron chi connectivity index (χ4n) is 6.07. The normalized spacial score (nSPS) is 28.4. The quantitative estimate of drug-likeness (QED) is 0.460. The maximum atomic E-state index is 11.8. The minimum absolute atomic E-state index is 0.159. The summed E-state index contributed by atoms with van der Waals surface area (Å²) in [7, 11) is 1.68. The SMILES string of the molecule is C=CC1C[N@+]2(Cc3ccccc3)CC[C@H]1C[C@@H]2[C@H](O)c1ccnc2ccc(OC)cc12. The van der Waals surface area contributed by atoms with Gasteiger partial charge in [-0.1, -0.05) is 36.4 Å². The summed E-state index contributed by atoms with van der Waals surface area (Å²) in [6.45, 7) is 7.25. The number of nitrogens with zero attached hydrogens (tertiary/aromatic N) is 2. The van der Waals surface area contributed by atoms with Crippen LogP contribution in [0.4, 0.5) is 0 Å². The lowest BCUT2D eigenvalue weighted by Crippen LogP contribution is -2.67. The Morgan fingerprint density at radius 2 is 2.06 bits per heavy atom. The average Bonchev–Trinajstić information content (AvgIpc) is 2.83. The summed E-state index contributed by atoms with van der Waals surface area (Å²) in [5.74, 6) is 1.92. The summed E-state index contributed by atoms with van der Waals surface area (Å²) >= 11 is 0. The van der Waals surface area contributed by atoms with Crippen molar-refractivity contribution in [3.05, 3.63) is 84.6 Å². The highest BCUT2D eigenvalue weighted by molar-refractivity contribution is 5.83. The molecular formula is C27H31N2O2+. The topological polar surface area (TPSA) is 42.4 Å². The highest BCUT2D eigenvalue weighted by Gasteiger charge is 2.53. The second kappa shape index (κ2) is 8.10. The van der Waals surface area contributed by atoms with E-state index in [1.807, 2.05) is 30.5 Å². The maximum Gasteiger partial charge on any atom is 0.131 e. The number of ether oxygens (including phenoxy) is 1. The van der Waals surface area contributed by atoms with Crippen molar-refractivity contribution >= 4 is 10.9 Å². The van der Waals surface area contributed by atoms with E-state index in [2.05, 4.69) is 48.0 Å². The van der Waals surface area contributed by atoms with Crippen LogP contribution in [0.25, 0.3) is 10.9 Å². The molecule has 3 aromatic rings. The molecule has 31 heavy (non-hydrogen) atoms. The monoisotopic (exact) mass is 415 g/mol. The smallest absolute Gasteiger partial charge is 0.131 e. The van der Waals surface area contributed by atoms with Gasteiger partial charge in [0.15, 0.2) is 0 Å². The number of aliphatic hydroxyl groups excluding tert-OH is 1. The largest absolute Gasteiger partial charge is 0.497 e. The van der Waals surface area contributed by atoms with Gasteiger partial charge in [-0.25, -0.2) is 0 Å². The van der Waals surface area contributed by atoms with Gasteiger partial charge in [-0.3, -0.25) is 4.98 Å². The molecule has 3 aliphatic rings. The number of hydrogen-bond acceptors (Lipinski definition) is 3. The molecule has 0 spiro atoms. The van der Waals surface area contributed by atoms with Gasteiger partial charge in [0.25, 0.3) is 0 Å². The number of hydrogen-bond donors (Lipinski definition) is 1. The van der Waals surface area contributed by atoms with Gasteiger partial charge in [-0.2, -0.15) is 0 Å². The fourth-order valence-corrected chi connectivity index (χ4v) is 6.07. The Balaban J connectivity index is 1.56. The van der Waals surface area contributed by atoms with Crippen molar-refractivity contribution in [1.82, 2.24) is 4.98 Å². The van der Waals surface area contributed by atoms with E-state index in [9.17, 15) is 5.11 Å². The molecule has 0 amide bonds. The van der Waals surface area contributed by atoms with E-state index in [0.717, 1.165) is 52.8 Å². The number of rotatable bonds is 6. The van der Waals surface area contributed by atoms with E-state index in [-0.39, 0.29) is 6.04 Å². The Bertz CT molecular complexity index is 1080. The lowest BCUT2D eigenvalue weighted by atomic mass is 9.71. The molecule has 5 atom stereocenters. The minimum Gasteiger partial charge on any atom is -0.497 e. The summed E-state index contributed by atoms with van der Waals surface area (Å²) < 4.78 is 6.38. The second-order valence-corrected chi connectivity index (χ2v) is 9.25. The Kier molecular flexibility index (Phi) is 5.28. The number of benzene rings is 2. The lowest BCUT2D eigenvalue weighted by Gasteiger charge is -2.58. The third-order valence-electron chi connectivity index (χ3n) is 7.68. The second-order valence-electron chi connectivity index (χ2n) is 9.25. The molecule has 0 aliphatic carbocycles. The van der Waals surface area contributed by atoms with Gasteiger partial charge >= 0.3 is 0 Å². The van der Waals surface area contributed by atoms with Crippen LogP contribution in [0.3, 0.4) is 0 Å². The minimum atomic E-state index is -0.546. The number of quaternary nitrogens is 1. The summed E-state index contributed by atoms with van der Waals surface area (Å²) in [6, 6.07) is 18.8. The summed E-state index contributed by atoms with van der Waals surface area (Å²) in [4.78, 5) is 4.52. The Labute approximate surface area is 184 Å². The third kappa shape index (κ3) is 3.54. The van der Waals surface area contributed by atoms with Crippen molar-refractivity contribution in [3.63, 3.8) is 0 Å². The Morgan fingerprint density at radius 3 is 2.84 bits per heavy atom. The first-order chi connectivity index (χ1) is 15.1. The molecule has 1 N–H and O–H groups in total. The zero-order valence-corrected chi connectivity index (χ0v) is 18.2. The standard InChI is InChI=1S/C27H31N2O2/c1-3-20-18-29(17-19-7-5-4-6-8-19)14-12-21(20)15-26(29)27(30)23-11-13-28-25-10-9-22(31-2)16-24(23)25/h3-11,13,16,20-21,26-27,30H,1,12,14-15,17-18H2,2H3/q+1/t20?,21-,26+,27+,29+/m0/s1. The predicted molar refractivity (Wildman–Crippen MR) is 124 cm³/mol. The molecule has 3 saturated heterocycles. The first-order valence-electron chi connectivity index (χ1n) is 11.3. The van der Waals surface area contributed by atoms with Gasteiger partial charge in [0.05, 0.1) is 25.7 Å². The van der Waals surface area contributed by atoms with E-state index in [4.69, 9.17) is 4.74 Å². The van der Waals surface area contributed by atoms with Crippen molar-refractivity contribution in [2.45, 2.75) is 31.5 Å². The fraction of sp³-hybridized carbons (Fsp3) is 0.370. The van der Waals surface area contributed by atoms with E-state index < -0.39 is 6.10 Å². The molecule has 1 unspecified atom stereocenters. The summed E-state index contributed by atoms with van der Waals surface area (Å²) in [6.07, 6.45) is 5.65. The van der Waals surface area contributed by atoms with Crippen LogP contribution >= 0.6 is 0 Å². The van der Waals surface area contributed by atoms with Crippen LogP contribution in [0.5, 0.6) is 5.75 Å². The molecule has 1 aromatic heterocycles. The van der Waals surface area contributed by atoms with Gasteiger partial charge in [0.1, 0.15) is 24.4 Å². The number of pyridine rings is 1. The lowest BCUT2D eigenvalue weighted by molar-refractivity contribution is -0.984. The number of methoxy groups -OCH3 is 1. The number of aliphatic hydroxyl groups is 1. The first kappa shape index (κ1) is 20.2. The van der Waals surface area contributed by atoms with Gasteiger partial charge in [0.2, 0.25) is 0 Å². The van der Waals surface area contributed by atoms with Crippen LogP contribution in [0.15, 0.2) is 73.4 Å². The highest BCUT2D eigenvalue weighted by Crippen LogP contribution is 2.48. The van der Waals surface area contributed by atoms with Crippen molar-refractivity contribution in [2.24, 2.45) is 11.8 Å². The molecule has 3 fully saturated rings. The van der Waals surface area contributed by atoms with Crippen molar-refractivity contribution in [3.8, 4) is 5.75 Å². The van der Waals surface area contributed by atoms with Gasteiger partial charge in [-0.05, 0) is 35.7 Å². The van der Waals surface area contributed by atoms with Crippen LogP contribution in [0.2, 0.25) is 0 Å². The van der Waals surface area contributed by atoms with Crippen molar-refractivity contribution in [2.75, 3.05) is 20.2 Å². The first-order valence-corrected chi connectivity index (χ1v) is 11.3. The van der Waals surface area contributed by atoms with Crippen LogP contribution in [-0.2, 0) is 6.54 Å². The molecule has 4 nitrogen and oxygen atoms in total. The maximum absolute atomic E-state index is 11.8. The number of aromatic nitrogens is 1. The van der Waals surface area contributed by atoms with Gasteiger partial charge in [0, 0.05) is 35.9 Å². The van der Waals surface area contributed by atoms with Crippen LogP contribution in [0, 0.1) is 11.8 Å². The molecule has 4 heteroatoms. The Hall–Kier alpha value is -2.69.